The standard InChI is InChI=1S/C39H54N4O10S/c1-38(2,3)52-36(46)40-54(48,49)41(7)19-21-50-22-20-42(37(47)53-39(4,5)6)28-24-43-31-23-27(35(44)45)17-18-29(31)33(26-13-9-8-10-14-26)34(43)30-15-11-12-16-32(30)51-25-28/h11-12,15-18,23,26,28H,8-10,13-14,19-22,24-25H2,1-7H3,(H,40,46)(H,44,45)/t28-/m1/s1. The van der Waals surface area contributed by atoms with E-state index in [0.717, 1.165) is 52.1 Å². The van der Waals surface area contributed by atoms with Gasteiger partial charge in [0.05, 0.1) is 30.5 Å². The van der Waals surface area contributed by atoms with Crippen LogP contribution in [0.25, 0.3) is 22.2 Å². The van der Waals surface area contributed by atoms with Crippen LogP contribution in [0.4, 0.5) is 9.59 Å². The van der Waals surface area contributed by atoms with E-state index in [4.69, 9.17) is 18.9 Å². The van der Waals surface area contributed by atoms with Gasteiger partial charge in [-0.25, -0.2) is 19.1 Å². The summed E-state index contributed by atoms with van der Waals surface area (Å²) in [7, 11) is -2.88. The molecule has 2 amide bonds. The van der Waals surface area contributed by atoms with E-state index in [1.165, 1.54) is 19.0 Å². The Labute approximate surface area is 317 Å². The van der Waals surface area contributed by atoms with Crippen LogP contribution < -0.4 is 9.46 Å². The molecule has 5 rings (SSSR count). The van der Waals surface area contributed by atoms with Crippen molar-refractivity contribution in [3.8, 4) is 17.0 Å². The van der Waals surface area contributed by atoms with Gasteiger partial charge in [0.25, 0.3) is 0 Å². The minimum absolute atomic E-state index is 0.0302. The number of ether oxygens (including phenoxy) is 4. The van der Waals surface area contributed by atoms with Crippen molar-refractivity contribution >= 4 is 39.3 Å². The van der Waals surface area contributed by atoms with Gasteiger partial charge in [-0.3, -0.25) is 4.90 Å². The summed E-state index contributed by atoms with van der Waals surface area (Å²) < 4.78 is 53.6. The first-order chi connectivity index (χ1) is 25.3. The molecule has 2 heterocycles. The first kappa shape index (κ1) is 40.8. The van der Waals surface area contributed by atoms with E-state index in [9.17, 15) is 27.9 Å². The average molecular weight is 771 g/mol. The molecule has 1 fully saturated rings. The molecule has 1 saturated carbocycles. The molecular formula is C39H54N4O10S. The van der Waals surface area contributed by atoms with E-state index in [-0.39, 0.29) is 50.9 Å². The van der Waals surface area contributed by atoms with Crippen LogP contribution in [0.2, 0.25) is 0 Å². The maximum Gasteiger partial charge on any atom is 0.422 e. The fourth-order valence-corrected chi connectivity index (χ4v) is 7.75. The largest absolute Gasteiger partial charge is 0.491 e. The van der Waals surface area contributed by atoms with E-state index in [2.05, 4.69) is 4.57 Å². The lowest BCUT2D eigenvalue weighted by Gasteiger charge is -2.35. The molecule has 0 bridgehead atoms. The third-order valence-electron chi connectivity index (χ3n) is 9.45. The van der Waals surface area contributed by atoms with E-state index in [0.29, 0.717) is 5.75 Å². The summed E-state index contributed by atoms with van der Waals surface area (Å²) in [6.07, 6.45) is 3.78. The number of rotatable bonds is 11. The van der Waals surface area contributed by atoms with Crippen LogP contribution in [0.1, 0.15) is 95.5 Å². The molecule has 0 radical (unpaired) electrons. The summed E-state index contributed by atoms with van der Waals surface area (Å²) >= 11 is 0. The summed E-state index contributed by atoms with van der Waals surface area (Å²) in [5, 5.41) is 11.0. The zero-order valence-corrected chi connectivity index (χ0v) is 33.2. The van der Waals surface area contributed by atoms with Crippen LogP contribution in [-0.4, -0.2) is 103 Å². The average Bonchev–Trinajstić information content (AvgIpc) is 3.38. The number of amides is 2. The Kier molecular flexibility index (Phi) is 12.5. The number of aromatic carboxylic acids is 1. The Morgan fingerprint density at radius 2 is 1.61 bits per heavy atom. The Morgan fingerprint density at radius 3 is 2.28 bits per heavy atom. The second kappa shape index (κ2) is 16.6. The van der Waals surface area contributed by atoms with Gasteiger partial charge in [0, 0.05) is 43.1 Å². The number of carboxylic acids is 1. The van der Waals surface area contributed by atoms with Crippen LogP contribution in [0.15, 0.2) is 42.5 Å². The van der Waals surface area contributed by atoms with Gasteiger partial charge in [-0.2, -0.15) is 12.7 Å². The monoisotopic (exact) mass is 770 g/mol. The molecular weight excluding hydrogens is 717 g/mol. The molecule has 296 valence electrons. The Morgan fingerprint density at radius 1 is 0.944 bits per heavy atom. The minimum atomic E-state index is -4.19. The van der Waals surface area contributed by atoms with Crippen LogP contribution in [-0.2, 0) is 31.0 Å². The number of para-hydroxylation sites is 1. The molecule has 0 saturated heterocycles. The van der Waals surface area contributed by atoms with Crippen molar-refractivity contribution in [2.24, 2.45) is 0 Å². The number of fused-ring (bicyclic) bond motifs is 5. The van der Waals surface area contributed by atoms with Crippen molar-refractivity contribution in [3.63, 3.8) is 0 Å². The number of aromatic nitrogens is 1. The van der Waals surface area contributed by atoms with E-state index < -0.39 is 45.6 Å². The number of nitrogens with zero attached hydrogens (tertiary/aromatic N) is 3. The van der Waals surface area contributed by atoms with Crippen molar-refractivity contribution in [2.45, 2.75) is 103 Å². The topological polar surface area (TPSA) is 166 Å². The minimum Gasteiger partial charge on any atom is -0.491 e. The number of hydrogen-bond donors (Lipinski definition) is 2. The number of carbonyl (C=O) groups is 3. The van der Waals surface area contributed by atoms with Crippen LogP contribution in [0, 0.1) is 0 Å². The third-order valence-corrected chi connectivity index (χ3v) is 10.9. The number of carbonyl (C=O) groups excluding carboxylic acids is 2. The smallest absolute Gasteiger partial charge is 0.422 e. The van der Waals surface area contributed by atoms with E-state index in [1.54, 1.807) is 58.6 Å². The fraction of sp³-hybridized carbons (Fsp3) is 0.564. The molecule has 2 aromatic carbocycles. The molecule has 3 aromatic rings. The Balaban J connectivity index is 1.44. The molecule has 0 unspecified atom stereocenters. The molecule has 14 nitrogen and oxygen atoms in total. The first-order valence-corrected chi connectivity index (χ1v) is 19.9. The molecule has 1 aliphatic heterocycles. The number of carboxylic acid groups (broad SMARTS) is 1. The predicted molar refractivity (Wildman–Crippen MR) is 204 cm³/mol. The molecule has 1 atom stereocenters. The highest BCUT2D eigenvalue weighted by Crippen LogP contribution is 2.47. The molecule has 0 spiro atoms. The van der Waals surface area contributed by atoms with Gasteiger partial charge in [0.15, 0.2) is 0 Å². The van der Waals surface area contributed by atoms with E-state index in [1.807, 2.05) is 35.1 Å². The molecule has 1 aliphatic carbocycles. The van der Waals surface area contributed by atoms with Gasteiger partial charge in [0.2, 0.25) is 0 Å². The highest BCUT2D eigenvalue weighted by molar-refractivity contribution is 7.87. The maximum atomic E-state index is 13.9. The zero-order chi connectivity index (χ0) is 39.4. The quantitative estimate of drug-likeness (QED) is 0.199. The van der Waals surface area contributed by atoms with Gasteiger partial charge in [-0.1, -0.05) is 37.5 Å². The van der Waals surface area contributed by atoms with Crippen molar-refractivity contribution < 1.29 is 46.9 Å². The molecule has 1 aromatic heterocycles. The van der Waals surface area contributed by atoms with E-state index >= 15 is 0 Å². The summed E-state index contributed by atoms with van der Waals surface area (Å²) in [6, 6.07) is 12.5. The second-order valence-corrected chi connectivity index (χ2v) is 17.7. The third kappa shape index (κ3) is 10.0. The molecule has 54 heavy (non-hydrogen) atoms. The van der Waals surface area contributed by atoms with Crippen molar-refractivity contribution in [3.05, 3.63) is 53.6 Å². The number of hydrogen-bond acceptors (Lipinski definition) is 9. The van der Waals surface area contributed by atoms with Crippen molar-refractivity contribution in [2.75, 3.05) is 40.0 Å². The Hall–Kier alpha value is -4.34. The number of benzene rings is 2. The summed E-state index contributed by atoms with van der Waals surface area (Å²) in [5.41, 5.74) is 2.32. The molecule has 15 heteroatoms. The van der Waals surface area contributed by atoms with Crippen LogP contribution in [0.5, 0.6) is 5.75 Å². The summed E-state index contributed by atoms with van der Waals surface area (Å²) in [6.45, 7) is 10.6. The zero-order valence-electron chi connectivity index (χ0n) is 32.3. The van der Waals surface area contributed by atoms with Gasteiger partial charge in [0.1, 0.15) is 23.6 Å². The lowest BCUT2D eigenvalue weighted by molar-refractivity contribution is -0.000582. The van der Waals surface area contributed by atoms with Gasteiger partial charge < -0.3 is 28.6 Å². The predicted octanol–water partition coefficient (Wildman–Crippen LogP) is 6.77. The summed E-state index contributed by atoms with van der Waals surface area (Å²) in [4.78, 5) is 39.8. The lowest BCUT2D eigenvalue weighted by Crippen LogP contribution is -2.50. The first-order valence-electron chi connectivity index (χ1n) is 18.5. The molecule has 2 aliphatic rings. The second-order valence-electron chi connectivity index (χ2n) is 15.9. The fourth-order valence-electron chi connectivity index (χ4n) is 7.02. The lowest BCUT2D eigenvalue weighted by atomic mass is 9.81. The van der Waals surface area contributed by atoms with Gasteiger partial charge in [-0.05, 0) is 90.1 Å². The highest BCUT2D eigenvalue weighted by Gasteiger charge is 2.35. The van der Waals surface area contributed by atoms with Crippen LogP contribution >= 0.6 is 0 Å². The van der Waals surface area contributed by atoms with Gasteiger partial charge in [-0.15, -0.1) is 0 Å². The summed E-state index contributed by atoms with van der Waals surface area (Å²) in [5.74, 6) is -0.0912. The van der Waals surface area contributed by atoms with Gasteiger partial charge >= 0.3 is 28.4 Å². The van der Waals surface area contributed by atoms with Crippen molar-refractivity contribution in [1.82, 2.24) is 18.5 Å². The number of likely N-dealkylation sites (N-methyl/N-ethyl adjacent to an activating group) is 1. The molecule has 2 N–H and O–H groups in total. The SMILES string of the molecule is CN(CCOCCN(C(=O)OC(C)(C)C)[C@H]1COc2ccccc2-c2c(C3CCCCC3)c3ccc(C(=O)O)cc3n2C1)S(=O)(=O)NC(=O)OC(C)(C)C. The number of nitrogens with one attached hydrogen (secondary N) is 1. The van der Waals surface area contributed by atoms with Crippen molar-refractivity contribution in [1.29, 1.82) is 0 Å². The Bertz CT molecular complexity index is 1940. The van der Waals surface area contributed by atoms with Crippen LogP contribution in [0.3, 0.4) is 0 Å². The highest BCUT2D eigenvalue weighted by atomic mass is 32.2. The maximum absolute atomic E-state index is 13.9. The normalized spacial score (nSPS) is 16.8.